The fraction of sp³-hybridized carbons (Fsp3) is 0.550. The summed E-state index contributed by atoms with van der Waals surface area (Å²) in [7, 11) is 0. The molecule has 1 atom stereocenters. The average Bonchev–Trinajstić information content (AvgIpc) is 2.98. The van der Waals surface area contributed by atoms with Gasteiger partial charge in [-0.15, -0.1) is 0 Å². The van der Waals surface area contributed by atoms with Gasteiger partial charge < -0.3 is 10.2 Å². The Hall–Kier alpha value is -2.21. The maximum Gasteiger partial charge on any atom is 0.257 e. The van der Waals surface area contributed by atoms with Gasteiger partial charge in [0.1, 0.15) is 0 Å². The van der Waals surface area contributed by atoms with Crippen molar-refractivity contribution in [3.05, 3.63) is 48.0 Å². The lowest BCUT2D eigenvalue weighted by Crippen LogP contribution is -2.40. The molecular weight excluding hydrogens is 326 g/mol. The van der Waals surface area contributed by atoms with Gasteiger partial charge in [0.2, 0.25) is 0 Å². The van der Waals surface area contributed by atoms with E-state index in [1.807, 2.05) is 34.0 Å². The number of hydrogen-bond acceptors (Lipinski definition) is 4. The van der Waals surface area contributed by atoms with E-state index in [1.54, 1.807) is 12.4 Å². The maximum atomic E-state index is 13.3. The van der Waals surface area contributed by atoms with Crippen LogP contribution in [-0.2, 0) is 12.1 Å². The first-order valence-electron chi connectivity index (χ1n) is 9.42. The summed E-state index contributed by atoms with van der Waals surface area (Å²) in [6, 6.07) is 6.07. The zero-order chi connectivity index (χ0) is 18.6. The van der Waals surface area contributed by atoms with Gasteiger partial charge in [-0.2, -0.15) is 5.10 Å². The summed E-state index contributed by atoms with van der Waals surface area (Å²) in [4.78, 5) is 19.7. The van der Waals surface area contributed by atoms with Gasteiger partial charge in [-0.1, -0.05) is 6.07 Å². The van der Waals surface area contributed by atoms with E-state index < -0.39 is 0 Å². The third kappa shape index (κ3) is 4.49. The van der Waals surface area contributed by atoms with Crippen LogP contribution in [0.15, 0.2) is 36.8 Å². The number of amides is 1. The van der Waals surface area contributed by atoms with E-state index in [4.69, 9.17) is 0 Å². The van der Waals surface area contributed by atoms with Gasteiger partial charge in [-0.05, 0) is 65.3 Å². The Morgan fingerprint density at radius 3 is 2.85 bits per heavy atom. The summed E-state index contributed by atoms with van der Waals surface area (Å²) in [5.41, 5.74) is 1.42. The number of rotatable bonds is 4. The van der Waals surface area contributed by atoms with Crippen LogP contribution in [-0.4, -0.2) is 44.7 Å². The van der Waals surface area contributed by atoms with Crippen LogP contribution in [0.2, 0.25) is 0 Å². The maximum absolute atomic E-state index is 13.3. The quantitative estimate of drug-likeness (QED) is 0.916. The molecule has 3 heterocycles. The molecule has 1 fully saturated rings. The zero-order valence-corrected chi connectivity index (χ0v) is 16.0. The predicted molar refractivity (Wildman–Crippen MR) is 102 cm³/mol. The Labute approximate surface area is 155 Å². The normalized spacial score (nSPS) is 18.3. The van der Waals surface area contributed by atoms with E-state index in [-0.39, 0.29) is 17.5 Å². The number of aromatic nitrogens is 3. The molecule has 1 amide bonds. The molecule has 140 valence electrons. The molecule has 0 aliphatic carbocycles. The molecule has 0 radical (unpaired) electrons. The zero-order valence-electron chi connectivity index (χ0n) is 16.0. The molecule has 0 spiro atoms. The first kappa shape index (κ1) is 18.6. The molecule has 1 N–H and O–H groups in total. The van der Waals surface area contributed by atoms with E-state index in [0.717, 1.165) is 38.0 Å². The molecule has 6 nitrogen and oxygen atoms in total. The van der Waals surface area contributed by atoms with Crippen molar-refractivity contribution in [1.82, 2.24) is 25.0 Å². The molecule has 0 aromatic carbocycles. The lowest BCUT2D eigenvalue weighted by Gasteiger charge is -2.30. The largest absolute Gasteiger partial charge is 0.330 e. The van der Waals surface area contributed by atoms with Crippen LogP contribution in [0.5, 0.6) is 0 Å². The van der Waals surface area contributed by atoms with Crippen molar-refractivity contribution >= 4 is 5.91 Å². The fourth-order valence-electron chi connectivity index (χ4n) is 3.31. The number of hydrogen-bond donors (Lipinski definition) is 1. The van der Waals surface area contributed by atoms with Gasteiger partial charge >= 0.3 is 0 Å². The third-order valence-corrected chi connectivity index (χ3v) is 4.82. The minimum Gasteiger partial charge on any atom is -0.330 e. The molecule has 1 saturated heterocycles. The molecule has 26 heavy (non-hydrogen) atoms. The fourth-order valence-corrected chi connectivity index (χ4v) is 3.31. The van der Waals surface area contributed by atoms with Crippen LogP contribution >= 0.6 is 0 Å². The van der Waals surface area contributed by atoms with Gasteiger partial charge in [0.25, 0.3) is 5.91 Å². The Morgan fingerprint density at radius 1 is 1.31 bits per heavy atom. The van der Waals surface area contributed by atoms with Crippen molar-refractivity contribution in [3.8, 4) is 0 Å². The van der Waals surface area contributed by atoms with E-state index in [2.05, 4.69) is 36.2 Å². The van der Waals surface area contributed by atoms with Gasteiger partial charge in [0.15, 0.2) is 0 Å². The molecule has 0 saturated carbocycles. The van der Waals surface area contributed by atoms with Gasteiger partial charge in [0, 0.05) is 18.4 Å². The highest BCUT2D eigenvalue weighted by Gasteiger charge is 2.27. The van der Waals surface area contributed by atoms with Gasteiger partial charge in [-0.25, -0.2) is 0 Å². The summed E-state index contributed by atoms with van der Waals surface area (Å²) >= 11 is 0. The molecule has 6 heteroatoms. The summed E-state index contributed by atoms with van der Waals surface area (Å²) < 4.78 is 1.85. The number of nitrogens with zero attached hydrogens (tertiary/aromatic N) is 4. The molecule has 3 rings (SSSR count). The lowest BCUT2D eigenvalue weighted by atomic mass is 10.1. The first-order valence-corrected chi connectivity index (χ1v) is 9.42. The molecule has 2 aromatic heterocycles. The topological polar surface area (TPSA) is 63.1 Å². The molecule has 1 aliphatic rings. The van der Waals surface area contributed by atoms with E-state index in [0.29, 0.717) is 12.1 Å². The Bertz CT molecular complexity index is 711. The summed E-state index contributed by atoms with van der Waals surface area (Å²) in [6.07, 6.45) is 8.39. The minimum atomic E-state index is -0.142. The van der Waals surface area contributed by atoms with Crippen molar-refractivity contribution in [2.75, 3.05) is 13.1 Å². The lowest BCUT2D eigenvalue weighted by molar-refractivity contribution is 0.0642. The molecule has 1 unspecified atom stereocenters. The van der Waals surface area contributed by atoms with Gasteiger partial charge in [0.05, 0.1) is 29.5 Å². The molecule has 0 bridgehead atoms. The molecule has 1 aliphatic heterocycles. The Morgan fingerprint density at radius 2 is 2.15 bits per heavy atom. The van der Waals surface area contributed by atoms with Crippen LogP contribution in [0.1, 0.15) is 56.1 Å². The average molecular weight is 355 g/mol. The van der Waals surface area contributed by atoms with Crippen molar-refractivity contribution in [2.45, 2.75) is 58.2 Å². The Kier molecular flexibility index (Phi) is 5.71. The second-order valence-corrected chi connectivity index (χ2v) is 7.93. The number of pyridine rings is 1. The monoisotopic (exact) mass is 355 g/mol. The second-order valence-electron chi connectivity index (χ2n) is 7.93. The van der Waals surface area contributed by atoms with E-state index >= 15 is 0 Å². The first-order chi connectivity index (χ1) is 12.4. The van der Waals surface area contributed by atoms with Crippen LogP contribution in [0.4, 0.5) is 0 Å². The second kappa shape index (κ2) is 7.99. The van der Waals surface area contributed by atoms with Crippen molar-refractivity contribution in [1.29, 1.82) is 0 Å². The number of carbonyl (C=O) groups is 1. The Balaban J connectivity index is 1.86. The van der Waals surface area contributed by atoms with Crippen molar-refractivity contribution < 1.29 is 4.79 Å². The SMILES string of the molecule is CC(C)(C)n1cc(C(=O)N(Cc2ccccn2)C2CCCNCC2)cn1. The van der Waals surface area contributed by atoms with Crippen LogP contribution in [0.25, 0.3) is 0 Å². The summed E-state index contributed by atoms with van der Waals surface area (Å²) in [5.74, 6) is 0.0399. The summed E-state index contributed by atoms with van der Waals surface area (Å²) in [5, 5.41) is 7.83. The number of nitrogens with one attached hydrogen (secondary N) is 1. The highest BCUT2D eigenvalue weighted by atomic mass is 16.2. The molecule has 2 aromatic rings. The van der Waals surface area contributed by atoms with Crippen molar-refractivity contribution in [3.63, 3.8) is 0 Å². The molecular formula is C20H29N5O. The summed E-state index contributed by atoms with van der Waals surface area (Å²) in [6.45, 7) is 8.73. The van der Waals surface area contributed by atoms with Gasteiger partial charge in [-0.3, -0.25) is 14.5 Å². The van der Waals surface area contributed by atoms with Crippen molar-refractivity contribution in [2.24, 2.45) is 0 Å². The minimum absolute atomic E-state index is 0.0399. The number of carbonyl (C=O) groups excluding carboxylic acids is 1. The smallest absolute Gasteiger partial charge is 0.257 e. The predicted octanol–water partition coefficient (Wildman–Crippen LogP) is 2.82. The van der Waals surface area contributed by atoms with Crippen LogP contribution < -0.4 is 5.32 Å². The third-order valence-electron chi connectivity index (χ3n) is 4.82. The van der Waals surface area contributed by atoms with Crippen LogP contribution in [0, 0.1) is 0 Å². The van der Waals surface area contributed by atoms with E-state index in [9.17, 15) is 4.79 Å². The van der Waals surface area contributed by atoms with E-state index in [1.165, 1.54) is 0 Å². The highest BCUT2D eigenvalue weighted by molar-refractivity contribution is 5.94. The highest BCUT2D eigenvalue weighted by Crippen LogP contribution is 2.20. The standard InChI is InChI=1S/C20H29N5O/c1-20(2,3)25-14-16(13-23-25)19(26)24(15-17-7-4-5-11-22-17)18-8-6-10-21-12-9-18/h4-5,7,11,13-14,18,21H,6,8-10,12,15H2,1-3H3. The van der Waals surface area contributed by atoms with Crippen LogP contribution in [0.3, 0.4) is 0 Å².